The molecule has 0 aromatic heterocycles. The highest BCUT2D eigenvalue weighted by Crippen LogP contribution is 2.14. The van der Waals surface area contributed by atoms with Crippen LogP contribution in [-0.2, 0) is 19.4 Å². The van der Waals surface area contributed by atoms with Crippen LogP contribution in [0.25, 0.3) is 0 Å². The number of anilines is 1. The number of sulfone groups is 1. The smallest absolute Gasteiger partial charge is 0.338 e. The lowest BCUT2D eigenvalue weighted by molar-refractivity contribution is -0.121. The van der Waals surface area contributed by atoms with E-state index < -0.39 is 28.3 Å². The summed E-state index contributed by atoms with van der Waals surface area (Å²) >= 11 is 0. The minimum absolute atomic E-state index is 0.0781. The van der Waals surface area contributed by atoms with E-state index in [2.05, 4.69) is 0 Å². The molecule has 0 unspecified atom stereocenters. The predicted octanol–water partition coefficient (Wildman–Crippen LogP) is 1.80. The molecule has 1 amide bonds. The first-order valence-corrected chi connectivity index (χ1v) is 9.41. The normalized spacial score (nSPS) is 10.6. The van der Waals surface area contributed by atoms with Gasteiger partial charge >= 0.3 is 5.97 Å². The Morgan fingerprint density at radius 3 is 2.23 bits per heavy atom. The number of amides is 1. The van der Waals surface area contributed by atoms with Gasteiger partial charge in [0.1, 0.15) is 6.54 Å². The first-order chi connectivity index (χ1) is 12.3. The molecule has 0 N–H and O–H groups in total. The van der Waals surface area contributed by atoms with Crippen molar-refractivity contribution < 1.29 is 22.7 Å². The summed E-state index contributed by atoms with van der Waals surface area (Å²) in [7, 11) is -3.36. The van der Waals surface area contributed by atoms with E-state index in [1.807, 2.05) is 6.07 Å². The van der Waals surface area contributed by atoms with Gasteiger partial charge in [-0.15, -0.1) is 0 Å². The van der Waals surface area contributed by atoms with Gasteiger partial charge in [0.25, 0.3) is 5.91 Å². The van der Waals surface area contributed by atoms with Crippen molar-refractivity contribution in [3.63, 3.8) is 0 Å². The summed E-state index contributed by atoms with van der Waals surface area (Å²) in [5, 5.41) is 8.89. The average Bonchev–Trinajstić information content (AvgIpc) is 2.64. The SMILES string of the molecule is CS(=O)(=O)c1ccc(C(=O)OCC(=O)N(CC#N)c2ccccc2)cc1. The minimum atomic E-state index is -3.36. The van der Waals surface area contributed by atoms with Crippen molar-refractivity contribution in [3.8, 4) is 6.07 Å². The largest absolute Gasteiger partial charge is 0.452 e. The number of ether oxygens (including phenoxy) is 1. The molecule has 0 saturated heterocycles. The molecule has 0 aliphatic rings. The van der Waals surface area contributed by atoms with E-state index in [9.17, 15) is 18.0 Å². The fourth-order valence-electron chi connectivity index (χ4n) is 2.13. The Kier molecular flexibility index (Phi) is 6.09. The Morgan fingerprint density at radius 1 is 1.08 bits per heavy atom. The molecule has 0 spiro atoms. The molecule has 0 saturated carbocycles. The molecular weight excluding hydrogens is 356 g/mol. The highest BCUT2D eigenvalue weighted by molar-refractivity contribution is 7.90. The van der Waals surface area contributed by atoms with Gasteiger partial charge in [0.15, 0.2) is 16.4 Å². The van der Waals surface area contributed by atoms with Crippen LogP contribution in [0.2, 0.25) is 0 Å². The summed E-state index contributed by atoms with van der Waals surface area (Å²) in [6.07, 6.45) is 1.06. The van der Waals surface area contributed by atoms with Gasteiger partial charge in [0.2, 0.25) is 0 Å². The van der Waals surface area contributed by atoms with E-state index in [-0.39, 0.29) is 17.0 Å². The molecule has 2 aromatic rings. The Balaban J connectivity index is 2.03. The van der Waals surface area contributed by atoms with Gasteiger partial charge in [0.05, 0.1) is 16.5 Å². The van der Waals surface area contributed by atoms with E-state index in [0.717, 1.165) is 6.26 Å². The number of rotatable bonds is 6. The zero-order chi connectivity index (χ0) is 19.2. The summed E-state index contributed by atoms with van der Waals surface area (Å²) in [6, 6.07) is 15.7. The third kappa shape index (κ3) is 4.91. The van der Waals surface area contributed by atoms with Crippen molar-refractivity contribution >= 4 is 27.4 Å². The van der Waals surface area contributed by atoms with Gasteiger partial charge < -0.3 is 4.74 Å². The molecule has 0 fully saturated rings. The number of hydrogen-bond acceptors (Lipinski definition) is 6. The number of hydrogen-bond donors (Lipinski definition) is 0. The van der Waals surface area contributed by atoms with Crippen LogP contribution in [0.3, 0.4) is 0 Å². The van der Waals surface area contributed by atoms with Crippen LogP contribution < -0.4 is 4.90 Å². The van der Waals surface area contributed by atoms with Gasteiger partial charge in [-0.1, -0.05) is 18.2 Å². The van der Waals surface area contributed by atoms with Crippen LogP contribution in [-0.4, -0.2) is 39.7 Å². The molecule has 134 valence electrons. The molecule has 0 aliphatic carbocycles. The fourth-order valence-corrected chi connectivity index (χ4v) is 2.76. The third-order valence-electron chi connectivity index (χ3n) is 3.44. The molecule has 2 rings (SSSR count). The van der Waals surface area contributed by atoms with Crippen LogP contribution in [0.4, 0.5) is 5.69 Å². The van der Waals surface area contributed by atoms with E-state index in [1.165, 1.54) is 29.2 Å². The number of carbonyl (C=O) groups excluding carboxylic acids is 2. The molecule has 0 heterocycles. The van der Waals surface area contributed by atoms with Gasteiger partial charge in [0, 0.05) is 11.9 Å². The fraction of sp³-hybridized carbons (Fsp3) is 0.167. The van der Waals surface area contributed by atoms with Gasteiger partial charge in [-0.3, -0.25) is 9.69 Å². The number of nitriles is 1. The third-order valence-corrected chi connectivity index (χ3v) is 4.57. The summed E-state index contributed by atoms with van der Waals surface area (Å²) in [4.78, 5) is 25.6. The van der Waals surface area contributed by atoms with Crippen LogP contribution in [0.5, 0.6) is 0 Å². The second kappa shape index (κ2) is 8.27. The Labute approximate surface area is 151 Å². The second-order valence-electron chi connectivity index (χ2n) is 5.35. The number of benzene rings is 2. The molecule has 0 bridgehead atoms. The standard InChI is InChI=1S/C18H16N2O5S/c1-26(23,24)16-9-7-14(8-10-16)18(22)25-13-17(21)20(12-11-19)15-5-3-2-4-6-15/h2-10H,12-13H2,1H3. The first-order valence-electron chi connectivity index (χ1n) is 7.52. The van der Waals surface area contributed by atoms with Crippen molar-refractivity contribution in [2.75, 3.05) is 24.3 Å². The van der Waals surface area contributed by atoms with Crippen molar-refractivity contribution in [2.45, 2.75) is 4.90 Å². The van der Waals surface area contributed by atoms with Crippen molar-refractivity contribution in [3.05, 3.63) is 60.2 Å². The maximum Gasteiger partial charge on any atom is 0.338 e. The lowest BCUT2D eigenvalue weighted by atomic mass is 10.2. The summed E-state index contributed by atoms with van der Waals surface area (Å²) in [5.41, 5.74) is 0.643. The van der Waals surface area contributed by atoms with Crippen LogP contribution in [0, 0.1) is 11.3 Å². The van der Waals surface area contributed by atoms with Crippen molar-refractivity contribution in [2.24, 2.45) is 0 Å². The van der Waals surface area contributed by atoms with Gasteiger partial charge in [-0.05, 0) is 36.4 Å². The van der Waals surface area contributed by atoms with E-state index in [4.69, 9.17) is 10.00 Å². The lowest BCUT2D eigenvalue weighted by Gasteiger charge is -2.19. The second-order valence-corrected chi connectivity index (χ2v) is 7.36. The maximum absolute atomic E-state index is 12.3. The summed E-state index contributed by atoms with van der Waals surface area (Å²) in [6.45, 7) is -0.716. The summed E-state index contributed by atoms with van der Waals surface area (Å²) in [5.74, 6) is -1.30. The molecule has 7 nitrogen and oxygen atoms in total. The molecule has 2 aromatic carbocycles. The number of esters is 1. The quantitative estimate of drug-likeness (QED) is 0.566. The topological polar surface area (TPSA) is 105 Å². The first kappa shape index (κ1) is 19.1. The van der Waals surface area contributed by atoms with E-state index >= 15 is 0 Å². The van der Waals surface area contributed by atoms with Crippen LogP contribution >= 0.6 is 0 Å². The molecule has 0 radical (unpaired) electrons. The average molecular weight is 372 g/mol. The Bertz CT molecular complexity index is 932. The molecule has 8 heteroatoms. The van der Waals surface area contributed by atoms with Gasteiger partial charge in [-0.25, -0.2) is 13.2 Å². The van der Waals surface area contributed by atoms with Crippen LogP contribution in [0.15, 0.2) is 59.5 Å². The Morgan fingerprint density at radius 2 is 1.69 bits per heavy atom. The zero-order valence-electron chi connectivity index (χ0n) is 14.0. The van der Waals surface area contributed by atoms with Crippen molar-refractivity contribution in [1.82, 2.24) is 0 Å². The Hall–Kier alpha value is -3.18. The molecule has 0 atom stereocenters. The van der Waals surface area contributed by atoms with Crippen molar-refractivity contribution in [1.29, 1.82) is 5.26 Å². The van der Waals surface area contributed by atoms with Crippen LogP contribution in [0.1, 0.15) is 10.4 Å². The number of para-hydroxylation sites is 1. The molecule has 0 aliphatic heterocycles. The monoisotopic (exact) mass is 372 g/mol. The highest BCUT2D eigenvalue weighted by Gasteiger charge is 2.18. The van der Waals surface area contributed by atoms with E-state index in [1.54, 1.807) is 30.3 Å². The minimum Gasteiger partial charge on any atom is -0.452 e. The zero-order valence-corrected chi connectivity index (χ0v) is 14.8. The maximum atomic E-state index is 12.3. The molecular formula is C18H16N2O5S. The number of carbonyl (C=O) groups is 2. The van der Waals surface area contributed by atoms with E-state index in [0.29, 0.717) is 5.69 Å². The molecule has 26 heavy (non-hydrogen) atoms. The lowest BCUT2D eigenvalue weighted by Crippen LogP contribution is -2.35. The van der Waals surface area contributed by atoms with Gasteiger partial charge in [-0.2, -0.15) is 5.26 Å². The predicted molar refractivity (Wildman–Crippen MR) is 94.2 cm³/mol. The number of nitrogens with zero attached hydrogens (tertiary/aromatic N) is 2. The highest BCUT2D eigenvalue weighted by atomic mass is 32.2. The summed E-state index contributed by atoms with van der Waals surface area (Å²) < 4.78 is 27.8.